The molecule has 1 aromatic rings. The molecule has 2 nitrogen and oxygen atoms in total. The maximum absolute atomic E-state index is 11.9. The molecular formula is C11H14ClNOS2. The molecule has 0 atom stereocenters. The molecule has 0 aliphatic heterocycles. The van der Waals surface area contributed by atoms with Gasteiger partial charge in [-0.2, -0.15) is 0 Å². The molecule has 0 radical (unpaired) electrons. The summed E-state index contributed by atoms with van der Waals surface area (Å²) in [6.45, 7) is 2.11. The van der Waals surface area contributed by atoms with Crippen LogP contribution in [0.15, 0.2) is 17.0 Å². The first-order chi connectivity index (χ1) is 7.69. The quantitative estimate of drug-likeness (QED) is 0.459. The Morgan fingerprint density at radius 2 is 2.25 bits per heavy atom. The number of carbonyl (C=O) groups excluding carboxylic acids is 1. The minimum atomic E-state index is 0.0142. The summed E-state index contributed by atoms with van der Waals surface area (Å²) in [5, 5.41) is 0.387. The molecule has 1 rings (SSSR count). The lowest BCUT2D eigenvalue weighted by Gasteiger charge is -2.05. The van der Waals surface area contributed by atoms with E-state index in [4.69, 9.17) is 11.6 Å². The second kappa shape index (κ2) is 7.20. The largest absolute Gasteiger partial charge is 0.280 e. The number of halogens is 1. The molecule has 0 saturated carbocycles. The van der Waals surface area contributed by atoms with Crippen LogP contribution in [0.5, 0.6) is 0 Å². The maximum Gasteiger partial charge on any atom is 0.238 e. The molecule has 0 bridgehead atoms. The summed E-state index contributed by atoms with van der Waals surface area (Å²) in [5.74, 6) is 0.845. The summed E-state index contributed by atoms with van der Waals surface area (Å²) in [6, 6.07) is 3.55. The minimum absolute atomic E-state index is 0.0142. The molecule has 1 heterocycles. The van der Waals surface area contributed by atoms with Gasteiger partial charge in [0.1, 0.15) is 10.8 Å². The van der Waals surface area contributed by atoms with Crippen molar-refractivity contribution in [3.8, 4) is 0 Å². The Morgan fingerprint density at radius 1 is 1.50 bits per heavy atom. The topological polar surface area (TPSA) is 30.0 Å². The van der Waals surface area contributed by atoms with Gasteiger partial charge in [0.15, 0.2) is 0 Å². The number of thioether (sulfide) groups is 2. The zero-order chi connectivity index (χ0) is 12.0. The van der Waals surface area contributed by atoms with Gasteiger partial charge in [0.25, 0.3) is 0 Å². The smallest absolute Gasteiger partial charge is 0.238 e. The highest BCUT2D eigenvalue weighted by Gasteiger charge is 2.13. The van der Waals surface area contributed by atoms with E-state index in [9.17, 15) is 4.79 Å². The number of aromatic nitrogens is 1. The van der Waals surface area contributed by atoms with Crippen LogP contribution in [0.25, 0.3) is 0 Å². The number of unbranched alkanes of at least 4 members (excludes halogenated alkanes) is 1. The van der Waals surface area contributed by atoms with E-state index in [1.54, 1.807) is 6.07 Å². The van der Waals surface area contributed by atoms with Crippen LogP contribution in [0.1, 0.15) is 30.3 Å². The first kappa shape index (κ1) is 13.9. The van der Waals surface area contributed by atoms with Crippen molar-refractivity contribution < 1.29 is 4.79 Å². The average Bonchev–Trinajstić information content (AvgIpc) is 2.29. The lowest BCUT2D eigenvalue weighted by molar-refractivity contribution is 0.108. The van der Waals surface area contributed by atoms with Crippen molar-refractivity contribution in [1.29, 1.82) is 0 Å². The van der Waals surface area contributed by atoms with E-state index in [2.05, 4.69) is 11.9 Å². The lowest BCUT2D eigenvalue weighted by atomic mass is 10.4. The molecule has 0 N–H and O–H groups in total. The fourth-order valence-electron chi connectivity index (χ4n) is 1.11. The third-order valence-corrected chi connectivity index (χ3v) is 3.90. The van der Waals surface area contributed by atoms with Gasteiger partial charge in [-0.05, 0) is 24.8 Å². The van der Waals surface area contributed by atoms with E-state index >= 15 is 0 Å². The Morgan fingerprint density at radius 3 is 2.88 bits per heavy atom. The summed E-state index contributed by atoms with van der Waals surface area (Å²) < 4.78 is 0. The summed E-state index contributed by atoms with van der Waals surface area (Å²) in [6.07, 6.45) is 4.07. The zero-order valence-electron chi connectivity index (χ0n) is 9.33. The zero-order valence-corrected chi connectivity index (χ0v) is 11.7. The van der Waals surface area contributed by atoms with Gasteiger partial charge in [-0.3, -0.25) is 4.79 Å². The molecule has 0 aliphatic rings. The highest BCUT2D eigenvalue weighted by molar-refractivity contribution is 8.14. The van der Waals surface area contributed by atoms with Crippen molar-refractivity contribution in [2.45, 2.75) is 24.7 Å². The van der Waals surface area contributed by atoms with Gasteiger partial charge in [0.05, 0.1) is 0 Å². The first-order valence-electron chi connectivity index (χ1n) is 5.06. The van der Waals surface area contributed by atoms with E-state index in [1.807, 2.05) is 12.3 Å². The van der Waals surface area contributed by atoms with Crippen LogP contribution < -0.4 is 0 Å². The van der Waals surface area contributed by atoms with Gasteiger partial charge in [-0.15, -0.1) is 11.8 Å². The van der Waals surface area contributed by atoms with Crippen molar-refractivity contribution in [3.05, 3.63) is 23.0 Å². The van der Waals surface area contributed by atoms with Crippen LogP contribution in [0.3, 0.4) is 0 Å². The van der Waals surface area contributed by atoms with Crippen molar-refractivity contribution in [2.75, 3.05) is 12.0 Å². The Bertz CT molecular complexity index is 371. The monoisotopic (exact) mass is 275 g/mol. The molecule has 88 valence electrons. The Balaban J connectivity index is 2.76. The summed E-state index contributed by atoms with van der Waals surface area (Å²) >= 11 is 8.63. The van der Waals surface area contributed by atoms with E-state index in [-0.39, 0.29) is 5.12 Å². The molecule has 0 fully saturated rings. The molecule has 0 unspecified atom stereocenters. The average molecular weight is 276 g/mol. The normalized spacial score (nSPS) is 10.4. The third-order valence-electron chi connectivity index (χ3n) is 1.97. The molecule has 0 amide bonds. The van der Waals surface area contributed by atoms with Crippen LogP contribution in [0.4, 0.5) is 0 Å². The molecule has 0 saturated heterocycles. The Hall–Kier alpha value is -0.190. The highest BCUT2D eigenvalue weighted by atomic mass is 35.5. The highest BCUT2D eigenvalue weighted by Crippen LogP contribution is 2.24. The number of hydrogen-bond acceptors (Lipinski definition) is 4. The second-order valence-corrected chi connectivity index (χ2v) is 5.48. The molecule has 0 aromatic carbocycles. The van der Waals surface area contributed by atoms with Crippen molar-refractivity contribution >= 4 is 40.2 Å². The van der Waals surface area contributed by atoms with Gasteiger partial charge < -0.3 is 0 Å². The van der Waals surface area contributed by atoms with Crippen molar-refractivity contribution in [2.24, 2.45) is 0 Å². The van der Waals surface area contributed by atoms with Gasteiger partial charge in [0, 0.05) is 10.6 Å². The standard InChI is InChI=1S/C11H14ClNOS2/c1-3-4-7-16-11(14)10-8(15-2)5-6-9(12)13-10/h5-6H,3-4,7H2,1-2H3. The Labute approximate surface area is 110 Å². The van der Waals surface area contributed by atoms with E-state index < -0.39 is 0 Å². The number of rotatable bonds is 5. The van der Waals surface area contributed by atoms with Gasteiger partial charge in [-0.1, -0.05) is 36.7 Å². The predicted octanol–water partition coefficient (Wildman–Crippen LogP) is 4.13. The maximum atomic E-state index is 11.9. The van der Waals surface area contributed by atoms with Gasteiger partial charge >= 0.3 is 0 Å². The third kappa shape index (κ3) is 4.00. The lowest BCUT2D eigenvalue weighted by Crippen LogP contribution is -2.01. The van der Waals surface area contributed by atoms with E-state index in [0.29, 0.717) is 10.8 Å². The fraction of sp³-hybridized carbons (Fsp3) is 0.455. The SMILES string of the molecule is CCCCSC(=O)c1nc(Cl)ccc1SC. The van der Waals surface area contributed by atoms with Crippen LogP contribution in [0, 0.1) is 0 Å². The van der Waals surface area contributed by atoms with E-state index in [0.717, 1.165) is 23.5 Å². The number of pyridine rings is 1. The summed E-state index contributed by atoms with van der Waals surface area (Å²) in [4.78, 5) is 16.9. The number of hydrogen-bond donors (Lipinski definition) is 0. The minimum Gasteiger partial charge on any atom is -0.280 e. The summed E-state index contributed by atoms with van der Waals surface area (Å²) in [5.41, 5.74) is 0.487. The predicted molar refractivity (Wildman–Crippen MR) is 72.7 cm³/mol. The molecule has 0 aliphatic carbocycles. The molecule has 0 spiro atoms. The van der Waals surface area contributed by atoms with Gasteiger partial charge in [0.2, 0.25) is 5.12 Å². The van der Waals surface area contributed by atoms with Crippen molar-refractivity contribution in [3.63, 3.8) is 0 Å². The summed E-state index contributed by atoms with van der Waals surface area (Å²) in [7, 11) is 0. The Kier molecular flexibility index (Phi) is 6.24. The van der Waals surface area contributed by atoms with Gasteiger partial charge in [-0.25, -0.2) is 4.98 Å². The van der Waals surface area contributed by atoms with Crippen molar-refractivity contribution in [1.82, 2.24) is 4.98 Å². The number of nitrogens with zero attached hydrogens (tertiary/aromatic N) is 1. The molecule has 1 aromatic heterocycles. The van der Waals surface area contributed by atoms with E-state index in [1.165, 1.54) is 23.5 Å². The van der Waals surface area contributed by atoms with Crippen LogP contribution in [0.2, 0.25) is 5.15 Å². The fourth-order valence-corrected chi connectivity index (χ4v) is 2.77. The molecule has 16 heavy (non-hydrogen) atoms. The van der Waals surface area contributed by atoms with Crippen LogP contribution >= 0.6 is 35.1 Å². The second-order valence-electron chi connectivity index (χ2n) is 3.17. The molecule has 5 heteroatoms. The van der Waals surface area contributed by atoms with Crippen LogP contribution in [-0.4, -0.2) is 22.1 Å². The van der Waals surface area contributed by atoms with Crippen LogP contribution in [-0.2, 0) is 0 Å². The molecular weight excluding hydrogens is 262 g/mol. The first-order valence-corrected chi connectivity index (χ1v) is 7.65. The number of carbonyl (C=O) groups is 1.